The Bertz CT molecular complexity index is 489. The number of rotatable bonds is 6. The zero-order valence-electron chi connectivity index (χ0n) is 14.4. The topological polar surface area (TPSA) is 15.7 Å². The van der Waals surface area contributed by atoms with E-state index >= 15 is 0 Å². The minimum absolute atomic E-state index is 0.734. The Morgan fingerprint density at radius 3 is 2.39 bits per heavy atom. The van der Waals surface area contributed by atoms with Crippen LogP contribution in [0.15, 0.2) is 36.4 Å². The van der Waals surface area contributed by atoms with Crippen LogP contribution in [0.3, 0.4) is 0 Å². The van der Waals surface area contributed by atoms with Gasteiger partial charge in [-0.2, -0.15) is 0 Å². The van der Waals surface area contributed by atoms with Crippen LogP contribution < -0.4 is 4.74 Å². The van der Waals surface area contributed by atoms with Crippen LogP contribution >= 0.6 is 0 Å². The molecule has 3 heteroatoms. The standard InChI is InChI=1S/C20H30N2O/c1-2-23-20-10-8-19(9-11-20)17-22-14-12-21(13-15-22)16-18-6-4-3-5-7-18/h3-4,8-11,18H,2,5-7,12-17H2,1H3/t18-/m1/s1. The molecule has 1 aliphatic carbocycles. The molecule has 2 aliphatic rings. The molecule has 0 aromatic heterocycles. The Morgan fingerprint density at radius 1 is 1.00 bits per heavy atom. The molecule has 3 nitrogen and oxygen atoms in total. The lowest BCUT2D eigenvalue weighted by molar-refractivity contribution is 0.111. The number of hydrogen-bond acceptors (Lipinski definition) is 3. The quantitative estimate of drug-likeness (QED) is 0.747. The van der Waals surface area contributed by atoms with Crippen molar-refractivity contribution in [2.45, 2.75) is 32.7 Å². The largest absolute Gasteiger partial charge is 0.494 e. The zero-order valence-corrected chi connectivity index (χ0v) is 14.4. The highest BCUT2D eigenvalue weighted by Gasteiger charge is 2.20. The van der Waals surface area contributed by atoms with Crippen LogP contribution in [0, 0.1) is 5.92 Å². The minimum Gasteiger partial charge on any atom is -0.494 e. The van der Waals surface area contributed by atoms with Gasteiger partial charge in [0.15, 0.2) is 0 Å². The molecule has 0 unspecified atom stereocenters. The van der Waals surface area contributed by atoms with Crippen LogP contribution in [0.1, 0.15) is 31.7 Å². The van der Waals surface area contributed by atoms with E-state index in [1.807, 2.05) is 6.92 Å². The molecule has 0 saturated carbocycles. The van der Waals surface area contributed by atoms with E-state index in [4.69, 9.17) is 4.74 Å². The first-order chi connectivity index (χ1) is 11.3. The fourth-order valence-electron chi connectivity index (χ4n) is 3.63. The predicted octanol–water partition coefficient (Wildman–Crippen LogP) is 3.56. The molecule has 1 aromatic rings. The summed E-state index contributed by atoms with van der Waals surface area (Å²) in [6, 6.07) is 8.58. The summed E-state index contributed by atoms with van der Waals surface area (Å²) in [7, 11) is 0. The van der Waals surface area contributed by atoms with Crippen LogP contribution in [-0.2, 0) is 6.54 Å². The number of ether oxygens (including phenoxy) is 1. The van der Waals surface area contributed by atoms with Crippen molar-refractivity contribution >= 4 is 0 Å². The molecule has 1 aromatic carbocycles. The highest BCUT2D eigenvalue weighted by molar-refractivity contribution is 5.27. The van der Waals surface area contributed by atoms with Crippen LogP contribution in [0.2, 0.25) is 0 Å². The summed E-state index contributed by atoms with van der Waals surface area (Å²) in [5.74, 6) is 1.86. The Kier molecular flexibility index (Phi) is 6.12. The van der Waals surface area contributed by atoms with Crippen molar-refractivity contribution < 1.29 is 4.74 Å². The van der Waals surface area contributed by atoms with Gasteiger partial charge in [-0.1, -0.05) is 24.3 Å². The summed E-state index contributed by atoms with van der Waals surface area (Å²) in [5, 5.41) is 0. The summed E-state index contributed by atoms with van der Waals surface area (Å²) in [4.78, 5) is 5.24. The fourth-order valence-corrected chi connectivity index (χ4v) is 3.63. The number of benzene rings is 1. The molecular formula is C20H30N2O. The third-order valence-corrected chi connectivity index (χ3v) is 5.00. The van der Waals surface area contributed by atoms with Crippen molar-refractivity contribution in [3.05, 3.63) is 42.0 Å². The van der Waals surface area contributed by atoms with Crippen LogP contribution in [0.5, 0.6) is 5.75 Å². The van der Waals surface area contributed by atoms with Crippen molar-refractivity contribution in [3.8, 4) is 5.75 Å². The first-order valence-electron chi connectivity index (χ1n) is 9.15. The fraction of sp³-hybridized carbons (Fsp3) is 0.600. The first-order valence-corrected chi connectivity index (χ1v) is 9.15. The van der Waals surface area contributed by atoms with E-state index in [1.54, 1.807) is 0 Å². The molecule has 1 atom stereocenters. The average Bonchev–Trinajstić information content (AvgIpc) is 2.60. The van der Waals surface area contributed by atoms with Gasteiger partial charge in [-0.05, 0) is 49.8 Å². The monoisotopic (exact) mass is 314 g/mol. The summed E-state index contributed by atoms with van der Waals surface area (Å²) >= 11 is 0. The maximum atomic E-state index is 5.51. The van der Waals surface area contributed by atoms with Gasteiger partial charge in [0.2, 0.25) is 0 Å². The van der Waals surface area contributed by atoms with Crippen molar-refractivity contribution in [2.24, 2.45) is 5.92 Å². The van der Waals surface area contributed by atoms with Crippen molar-refractivity contribution in [1.82, 2.24) is 9.80 Å². The third kappa shape index (κ3) is 5.08. The average molecular weight is 314 g/mol. The highest BCUT2D eigenvalue weighted by atomic mass is 16.5. The Labute approximate surface area is 140 Å². The molecule has 0 spiro atoms. The van der Waals surface area contributed by atoms with Gasteiger partial charge in [0, 0.05) is 39.3 Å². The maximum Gasteiger partial charge on any atom is 0.119 e. The second-order valence-electron chi connectivity index (χ2n) is 6.80. The summed E-state index contributed by atoms with van der Waals surface area (Å²) < 4.78 is 5.51. The van der Waals surface area contributed by atoms with Crippen molar-refractivity contribution in [1.29, 1.82) is 0 Å². The highest BCUT2D eigenvalue weighted by Crippen LogP contribution is 2.20. The van der Waals surface area contributed by atoms with E-state index in [1.165, 1.54) is 57.5 Å². The molecule has 1 aliphatic heterocycles. The molecule has 0 N–H and O–H groups in total. The second-order valence-corrected chi connectivity index (χ2v) is 6.80. The molecule has 0 amide bonds. The molecular weight excluding hydrogens is 284 g/mol. The first kappa shape index (κ1) is 16.5. The molecule has 0 radical (unpaired) electrons. The normalized spacial score (nSPS) is 23.1. The lowest BCUT2D eigenvalue weighted by Gasteiger charge is -2.36. The Balaban J connectivity index is 1.41. The third-order valence-electron chi connectivity index (χ3n) is 5.00. The molecule has 1 saturated heterocycles. The van der Waals surface area contributed by atoms with Gasteiger partial charge in [0.05, 0.1) is 6.61 Å². The van der Waals surface area contributed by atoms with Gasteiger partial charge in [0.25, 0.3) is 0 Å². The molecule has 3 rings (SSSR count). The SMILES string of the molecule is CCOc1ccc(CN2CCN(C[C@@H]3CC=CCC3)CC2)cc1. The predicted molar refractivity (Wildman–Crippen MR) is 95.8 cm³/mol. The molecule has 23 heavy (non-hydrogen) atoms. The van der Waals surface area contributed by atoms with Crippen molar-refractivity contribution in [3.63, 3.8) is 0 Å². The van der Waals surface area contributed by atoms with E-state index < -0.39 is 0 Å². The molecule has 0 bridgehead atoms. The van der Waals surface area contributed by atoms with Gasteiger partial charge in [-0.25, -0.2) is 0 Å². The number of allylic oxidation sites excluding steroid dienone is 2. The van der Waals surface area contributed by atoms with Gasteiger partial charge in [0.1, 0.15) is 5.75 Å². The Morgan fingerprint density at radius 2 is 1.74 bits per heavy atom. The van der Waals surface area contributed by atoms with E-state index in [0.717, 1.165) is 24.8 Å². The Hall–Kier alpha value is -1.32. The van der Waals surface area contributed by atoms with Crippen LogP contribution in [0.4, 0.5) is 0 Å². The van der Waals surface area contributed by atoms with Crippen LogP contribution in [-0.4, -0.2) is 49.1 Å². The minimum atomic E-state index is 0.734. The lowest BCUT2D eigenvalue weighted by atomic mass is 9.94. The van der Waals surface area contributed by atoms with Crippen LogP contribution in [0.25, 0.3) is 0 Å². The maximum absolute atomic E-state index is 5.51. The molecule has 126 valence electrons. The van der Waals surface area contributed by atoms with Gasteiger partial charge < -0.3 is 9.64 Å². The summed E-state index contributed by atoms with van der Waals surface area (Å²) in [6.07, 6.45) is 8.65. The van der Waals surface area contributed by atoms with E-state index in [-0.39, 0.29) is 0 Å². The van der Waals surface area contributed by atoms with Gasteiger partial charge in [-0.3, -0.25) is 4.90 Å². The summed E-state index contributed by atoms with van der Waals surface area (Å²) in [5.41, 5.74) is 1.39. The molecule has 1 fully saturated rings. The number of piperazine rings is 1. The number of nitrogens with zero attached hydrogens (tertiary/aromatic N) is 2. The summed E-state index contributed by atoms with van der Waals surface area (Å²) in [6.45, 7) is 9.93. The van der Waals surface area contributed by atoms with E-state index in [2.05, 4.69) is 46.2 Å². The van der Waals surface area contributed by atoms with Crippen molar-refractivity contribution in [2.75, 3.05) is 39.3 Å². The second kappa shape index (κ2) is 8.51. The zero-order chi connectivity index (χ0) is 15.9. The van der Waals surface area contributed by atoms with Gasteiger partial charge >= 0.3 is 0 Å². The van der Waals surface area contributed by atoms with E-state index in [9.17, 15) is 0 Å². The van der Waals surface area contributed by atoms with Gasteiger partial charge in [-0.15, -0.1) is 0 Å². The van der Waals surface area contributed by atoms with E-state index in [0.29, 0.717) is 0 Å². The number of hydrogen-bond donors (Lipinski definition) is 0. The molecule has 1 heterocycles. The lowest BCUT2D eigenvalue weighted by Crippen LogP contribution is -2.47. The smallest absolute Gasteiger partial charge is 0.119 e.